The van der Waals surface area contributed by atoms with Gasteiger partial charge < -0.3 is 10.4 Å². The van der Waals surface area contributed by atoms with Crippen LogP contribution in [0.5, 0.6) is 0 Å². The minimum atomic E-state index is -4.60. The highest BCUT2D eigenvalue weighted by atomic mass is 32.2. The number of sulfonamides is 1. The number of benzene rings is 1. The molecule has 1 aliphatic heterocycles. The number of amides is 1. The van der Waals surface area contributed by atoms with E-state index in [4.69, 9.17) is 0 Å². The van der Waals surface area contributed by atoms with Gasteiger partial charge in [0.15, 0.2) is 0 Å². The van der Waals surface area contributed by atoms with Gasteiger partial charge in [-0.3, -0.25) is 4.79 Å². The van der Waals surface area contributed by atoms with Crippen LogP contribution in [0.25, 0.3) is 0 Å². The number of carbonyl (C=O) groups is 1. The molecular formula is C16H21F3N2O4S. The van der Waals surface area contributed by atoms with Crippen LogP contribution in [0.3, 0.4) is 0 Å². The summed E-state index contributed by atoms with van der Waals surface area (Å²) in [6.45, 7) is 0.0883. The highest BCUT2D eigenvalue weighted by Gasteiger charge is 2.35. The second kappa shape index (κ2) is 7.93. The molecule has 1 unspecified atom stereocenters. The van der Waals surface area contributed by atoms with E-state index in [0.717, 1.165) is 12.3 Å². The summed E-state index contributed by atoms with van der Waals surface area (Å²) < 4.78 is 63.1. The van der Waals surface area contributed by atoms with Crippen molar-refractivity contribution in [2.75, 3.05) is 25.9 Å². The molecule has 1 aromatic rings. The van der Waals surface area contributed by atoms with Gasteiger partial charge in [-0.05, 0) is 24.5 Å². The molecule has 1 heterocycles. The molecule has 1 aliphatic rings. The summed E-state index contributed by atoms with van der Waals surface area (Å²) in [6.07, 6.45) is -4.34. The van der Waals surface area contributed by atoms with Crippen molar-refractivity contribution >= 4 is 15.9 Å². The second-order valence-electron chi connectivity index (χ2n) is 6.28. The average molecular weight is 394 g/mol. The van der Waals surface area contributed by atoms with Crippen LogP contribution >= 0.6 is 0 Å². The van der Waals surface area contributed by atoms with Gasteiger partial charge in [-0.2, -0.15) is 13.2 Å². The summed E-state index contributed by atoms with van der Waals surface area (Å²) >= 11 is 0. The second-order valence-corrected chi connectivity index (χ2v) is 8.26. The van der Waals surface area contributed by atoms with E-state index in [1.165, 1.54) is 22.5 Å². The number of hydrogen-bond acceptors (Lipinski definition) is 4. The van der Waals surface area contributed by atoms with E-state index in [9.17, 15) is 31.5 Å². The quantitative estimate of drug-likeness (QED) is 0.793. The van der Waals surface area contributed by atoms with E-state index in [1.807, 2.05) is 0 Å². The zero-order valence-corrected chi connectivity index (χ0v) is 15.0. The molecule has 2 N–H and O–H groups in total. The summed E-state index contributed by atoms with van der Waals surface area (Å²) in [5.74, 6) is -0.834. The number of halogens is 3. The molecule has 1 saturated heterocycles. The van der Waals surface area contributed by atoms with E-state index >= 15 is 0 Å². The Bertz CT molecular complexity index is 744. The van der Waals surface area contributed by atoms with Gasteiger partial charge in [0, 0.05) is 25.6 Å². The van der Waals surface area contributed by atoms with Crippen molar-refractivity contribution in [3.05, 3.63) is 35.4 Å². The van der Waals surface area contributed by atoms with Gasteiger partial charge in [0.25, 0.3) is 0 Å². The van der Waals surface area contributed by atoms with Gasteiger partial charge in [0.2, 0.25) is 15.9 Å². The molecule has 6 nitrogen and oxygen atoms in total. The molecular weight excluding hydrogens is 373 g/mol. The first kappa shape index (κ1) is 20.7. The van der Waals surface area contributed by atoms with E-state index < -0.39 is 39.7 Å². The van der Waals surface area contributed by atoms with Gasteiger partial charge in [-0.15, -0.1) is 0 Å². The molecule has 1 amide bonds. The minimum Gasteiger partial charge on any atom is -0.387 e. The van der Waals surface area contributed by atoms with Crippen LogP contribution in [0.4, 0.5) is 13.2 Å². The molecule has 10 heteroatoms. The molecule has 1 atom stereocenters. The summed E-state index contributed by atoms with van der Waals surface area (Å²) in [5, 5.41) is 12.5. The van der Waals surface area contributed by atoms with Crippen molar-refractivity contribution in [2.24, 2.45) is 5.92 Å². The van der Waals surface area contributed by atoms with Gasteiger partial charge in [0.1, 0.15) is 0 Å². The molecule has 0 radical (unpaired) electrons. The molecule has 146 valence electrons. The van der Waals surface area contributed by atoms with Crippen molar-refractivity contribution < 1.29 is 31.5 Å². The lowest BCUT2D eigenvalue weighted by atomic mass is 9.96. The molecule has 1 fully saturated rings. The third kappa shape index (κ3) is 5.18. The lowest BCUT2D eigenvalue weighted by Crippen LogP contribution is -2.43. The van der Waals surface area contributed by atoms with Crippen molar-refractivity contribution in [1.29, 1.82) is 0 Å². The van der Waals surface area contributed by atoms with E-state index in [-0.39, 0.29) is 25.2 Å². The van der Waals surface area contributed by atoms with Crippen LogP contribution in [0, 0.1) is 5.92 Å². The first-order chi connectivity index (χ1) is 12.0. The number of hydrogen-bond donors (Lipinski definition) is 2. The van der Waals surface area contributed by atoms with Crippen molar-refractivity contribution in [2.45, 2.75) is 25.1 Å². The maximum atomic E-state index is 13.0. The maximum absolute atomic E-state index is 13.0. The molecule has 0 bridgehead atoms. The molecule has 1 aromatic carbocycles. The SMILES string of the molecule is CS(=O)(=O)N1CCC(C(=O)NCC(O)c2ccccc2C(F)(F)F)CC1. The van der Waals surface area contributed by atoms with Gasteiger partial charge in [0.05, 0.1) is 17.9 Å². The summed E-state index contributed by atoms with van der Waals surface area (Å²) in [7, 11) is -3.30. The minimum absolute atomic E-state index is 0.219. The first-order valence-electron chi connectivity index (χ1n) is 8.07. The number of nitrogens with one attached hydrogen (secondary N) is 1. The van der Waals surface area contributed by atoms with Crippen LogP contribution in [-0.4, -0.2) is 49.6 Å². The summed E-state index contributed by atoms with van der Waals surface area (Å²) in [6, 6.07) is 4.66. The third-order valence-electron chi connectivity index (χ3n) is 4.39. The zero-order chi connectivity index (χ0) is 19.5. The Morgan fingerprint density at radius 1 is 1.31 bits per heavy atom. The molecule has 26 heavy (non-hydrogen) atoms. The third-order valence-corrected chi connectivity index (χ3v) is 5.69. The Hall–Kier alpha value is -1.65. The zero-order valence-electron chi connectivity index (χ0n) is 14.2. The molecule has 2 rings (SSSR count). The number of alkyl halides is 3. The maximum Gasteiger partial charge on any atom is 0.416 e. The Morgan fingerprint density at radius 3 is 2.42 bits per heavy atom. The lowest BCUT2D eigenvalue weighted by molar-refractivity contribution is -0.139. The summed E-state index contributed by atoms with van der Waals surface area (Å²) in [4.78, 5) is 12.2. The van der Waals surface area contributed by atoms with Crippen molar-refractivity contribution in [1.82, 2.24) is 9.62 Å². The Labute approximate surface area is 150 Å². The predicted molar refractivity (Wildman–Crippen MR) is 88.6 cm³/mol. The number of rotatable bonds is 5. The largest absolute Gasteiger partial charge is 0.416 e. The molecule has 0 saturated carbocycles. The van der Waals surface area contributed by atoms with E-state index in [0.29, 0.717) is 12.8 Å². The fraction of sp³-hybridized carbons (Fsp3) is 0.562. The fourth-order valence-corrected chi connectivity index (χ4v) is 3.82. The van der Waals surface area contributed by atoms with Crippen LogP contribution in [0.1, 0.15) is 30.1 Å². The first-order valence-corrected chi connectivity index (χ1v) is 9.92. The van der Waals surface area contributed by atoms with Gasteiger partial charge in [-0.25, -0.2) is 12.7 Å². The average Bonchev–Trinajstić information content (AvgIpc) is 2.58. The van der Waals surface area contributed by atoms with Gasteiger partial charge >= 0.3 is 6.18 Å². The number of carbonyl (C=O) groups excluding carboxylic acids is 1. The van der Waals surface area contributed by atoms with E-state index in [1.54, 1.807) is 0 Å². The number of aliphatic hydroxyl groups excluding tert-OH is 1. The Balaban J connectivity index is 1.93. The monoisotopic (exact) mass is 394 g/mol. The van der Waals surface area contributed by atoms with Crippen LogP contribution < -0.4 is 5.32 Å². The number of nitrogens with zero attached hydrogens (tertiary/aromatic N) is 1. The lowest BCUT2D eigenvalue weighted by Gasteiger charge is -2.29. The van der Waals surface area contributed by atoms with Crippen molar-refractivity contribution in [3.8, 4) is 0 Å². The van der Waals surface area contributed by atoms with Crippen LogP contribution in [-0.2, 0) is 21.0 Å². The number of aliphatic hydroxyl groups is 1. The topological polar surface area (TPSA) is 86.7 Å². The van der Waals surface area contributed by atoms with Crippen LogP contribution in [0.2, 0.25) is 0 Å². The summed E-state index contributed by atoms with van der Waals surface area (Å²) in [5.41, 5.74) is -1.24. The van der Waals surface area contributed by atoms with Crippen LogP contribution in [0.15, 0.2) is 24.3 Å². The Morgan fingerprint density at radius 2 is 1.88 bits per heavy atom. The molecule has 0 aromatic heterocycles. The predicted octanol–water partition coefficient (Wildman–Crippen LogP) is 1.53. The highest BCUT2D eigenvalue weighted by molar-refractivity contribution is 7.88. The van der Waals surface area contributed by atoms with E-state index in [2.05, 4.69) is 5.32 Å². The highest BCUT2D eigenvalue weighted by Crippen LogP contribution is 2.34. The molecule has 0 aliphatic carbocycles. The number of piperidine rings is 1. The van der Waals surface area contributed by atoms with Gasteiger partial charge in [-0.1, -0.05) is 18.2 Å². The van der Waals surface area contributed by atoms with Crippen molar-refractivity contribution in [3.63, 3.8) is 0 Å². The smallest absolute Gasteiger partial charge is 0.387 e. The molecule has 0 spiro atoms. The fourth-order valence-electron chi connectivity index (χ4n) is 2.95. The standard InChI is InChI=1S/C16H21F3N2O4S/c1-26(24,25)21-8-6-11(7-9-21)15(23)20-10-14(22)12-4-2-3-5-13(12)16(17,18)19/h2-5,11,14,22H,6-10H2,1H3,(H,20,23). The Kier molecular flexibility index (Phi) is 6.30. The normalized spacial score (nSPS) is 18.5.